The first-order valence-corrected chi connectivity index (χ1v) is 4.51. The van der Waals surface area contributed by atoms with E-state index in [0.717, 1.165) is 0 Å². The van der Waals surface area contributed by atoms with Gasteiger partial charge in [0.2, 0.25) is 0 Å². The summed E-state index contributed by atoms with van der Waals surface area (Å²) in [5.41, 5.74) is 3.20. The van der Waals surface area contributed by atoms with Crippen molar-refractivity contribution in [3.63, 3.8) is 0 Å². The second kappa shape index (κ2) is 4.06. The summed E-state index contributed by atoms with van der Waals surface area (Å²) in [5, 5.41) is 9.89. The molecule has 86 valence electrons. The number of hydrogen-bond donors (Lipinski definition) is 2. The SMILES string of the molecule is CC(C)(C)C(O)(CN)CCC(F)(F)F. The maximum absolute atomic E-state index is 12.0. The van der Waals surface area contributed by atoms with Gasteiger partial charge in [-0.3, -0.25) is 0 Å². The van der Waals surface area contributed by atoms with E-state index >= 15 is 0 Å². The van der Waals surface area contributed by atoms with Crippen molar-refractivity contribution >= 4 is 0 Å². The summed E-state index contributed by atoms with van der Waals surface area (Å²) in [5.74, 6) is 0. The molecule has 0 aromatic rings. The van der Waals surface area contributed by atoms with Crippen molar-refractivity contribution in [1.29, 1.82) is 0 Å². The van der Waals surface area contributed by atoms with E-state index in [-0.39, 0.29) is 13.0 Å². The second-order valence-electron chi connectivity index (χ2n) is 4.60. The molecule has 0 saturated heterocycles. The fourth-order valence-electron chi connectivity index (χ4n) is 1.13. The highest BCUT2D eigenvalue weighted by atomic mass is 19.4. The molecule has 0 aliphatic heterocycles. The van der Waals surface area contributed by atoms with Gasteiger partial charge in [-0.15, -0.1) is 0 Å². The number of rotatable bonds is 3. The van der Waals surface area contributed by atoms with Gasteiger partial charge in [-0.25, -0.2) is 0 Å². The van der Waals surface area contributed by atoms with Gasteiger partial charge in [-0.2, -0.15) is 13.2 Å². The van der Waals surface area contributed by atoms with Gasteiger partial charge in [0.15, 0.2) is 0 Å². The van der Waals surface area contributed by atoms with Crippen LogP contribution in [0.5, 0.6) is 0 Å². The monoisotopic (exact) mass is 213 g/mol. The zero-order valence-corrected chi connectivity index (χ0v) is 8.78. The fraction of sp³-hybridized carbons (Fsp3) is 1.00. The lowest BCUT2D eigenvalue weighted by Crippen LogP contribution is -2.49. The molecule has 0 spiro atoms. The number of nitrogens with two attached hydrogens (primary N) is 1. The molecular weight excluding hydrogens is 195 g/mol. The molecule has 0 heterocycles. The van der Waals surface area contributed by atoms with E-state index < -0.39 is 23.6 Å². The first-order valence-electron chi connectivity index (χ1n) is 4.51. The Bertz CT molecular complexity index is 185. The Morgan fingerprint density at radius 2 is 1.50 bits per heavy atom. The van der Waals surface area contributed by atoms with Crippen LogP contribution in [0.15, 0.2) is 0 Å². The molecule has 0 amide bonds. The predicted molar refractivity (Wildman–Crippen MR) is 48.7 cm³/mol. The molecule has 0 fully saturated rings. The Morgan fingerprint density at radius 3 is 1.71 bits per heavy atom. The van der Waals surface area contributed by atoms with Crippen molar-refractivity contribution < 1.29 is 18.3 Å². The van der Waals surface area contributed by atoms with Crippen molar-refractivity contribution in [3.8, 4) is 0 Å². The average molecular weight is 213 g/mol. The molecule has 2 nitrogen and oxygen atoms in total. The van der Waals surface area contributed by atoms with E-state index in [2.05, 4.69) is 0 Å². The molecule has 14 heavy (non-hydrogen) atoms. The molecule has 0 saturated carbocycles. The lowest BCUT2D eigenvalue weighted by atomic mass is 9.74. The van der Waals surface area contributed by atoms with Crippen molar-refractivity contribution in [1.82, 2.24) is 0 Å². The number of halogens is 3. The minimum Gasteiger partial charge on any atom is -0.388 e. The lowest BCUT2D eigenvalue weighted by molar-refractivity contribution is -0.155. The molecule has 0 aromatic carbocycles. The van der Waals surface area contributed by atoms with E-state index in [9.17, 15) is 18.3 Å². The van der Waals surface area contributed by atoms with Gasteiger partial charge >= 0.3 is 6.18 Å². The Hall–Kier alpha value is -0.290. The molecule has 1 atom stereocenters. The second-order valence-corrected chi connectivity index (χ2v) is 4.60. The van der Waals surface area contributed by atoms with Gasteiger partial charge in [0.05, 0.1) is 5.60 Å². The molecule has 0 bridgehead atoms. The summed E-state index contributed by atoms with van der Waals surface area (Å²) in [6, 6.07) is 0. The third-order valence-electron chi connectivity index (χ3n) is 2.56. The van der Waals surface area contributed by atoms with Gasteiger partial charge in [-0.05, 0) is 11.8 Å². The van der Waals surface area contributed by atoms with Gasteiger partial charge < -0.3 is 10.8 Å². The van der Waals surface area contributed by atoms with Crippen LogP contribution in [0.4, 0.5) is 13.2 Å². The summed E-state index contributed by atoms with van der Waals surface area (Å²) >= 11 is 0. The van der Waals surface area contributed by atoms with Crippen LogP contribution in [-0.2, 0) is 0 Å². The van der Waals surface area contributed by atoms with E-state index in [1.54, 1.807) is 20.8 Å². The fourth-order valence-corrected chi connectivity index (χ4v) is 1.13. The lowest BCUT2D eigenvalue weighted by Gasteiger charge is -2.39. The Morgan fingerprint density at radius 1 is 1.07 bits per heavy atom. The molecule has 5 heteroatoms. The normalized spacial score (nSPS) is 18.0. The Kier molecular flexibility index (Phi) is 3.98. The van der Waals surface area contributed by atoms with Crippen LogP contribution in [0.1, 0.15) is 33.6 Å². The van der Waals surface area contributed by atoms with Gasteiger partial charge in [0.25, 0.3) is 0 Å². The number of aliphatic hydroxyl groups is 1. The van der Waals surface area contributed by atoms with Gasteiger partial charge in [-0.1, -0.05) is 20.8 Å². The van der Waals surface area contributed by atoms with E-state index in [1.807, 2.05) is 0 Å². The quantitative estimate of drug-likeness (QED) is 0.753. The minimum absolute atomic E-state index is 0.160. The predicted octanol–water partition coefficient (Wildman–Crippen LogP) is 2.06. The van der Waals surface area contributed by atoms with Crippen molar-refractivity contribution in [2.45, 2.75) is 45.4 Å². The van der Waals surface area contributed by atoms with Crippen molar-refractivity contribution in [3.05, 3.63) is 0 Å². The zero-order valence-electron chi connectivity index (χ0n) is 8.78. The van der Waals surface area contributed by atoms with Gasteiger partial charge in [0.1, 0.15) is 0 Å². The molecule has 0 aromatic heterocycles. The largest absolute Gasteiger partial charge is 0.389 e. The van der Waals surface area contributed by atoms with E-state index in [0.29, 0.717) is 0 Å². The molecular formula is C9H18F3NO. The summed E-state index contributed by atoms with van der Waals surface area (Å²) in [6.45, 7) is 4.87. The summed E-state index contributed by atoms with van der Waals surface area (Å²) in [7, 11) is 0. The topological polar surface area (TPSA) is 46.2 Å². The van der Waals surface area contributed by atoms with Crippen molar-refractivity contribution in [2.24, 2.45) is 11.1 Å². The Labute approximate surface area is 82.3 Å². The highest BCUT2D eigenvalue weighted by Crippen LogP contribution is 2.36. The first-order chi connectivity index (χ1) is 6.02. The number of alkyl halides is 3. The summed E-state index contributed by atoms with van der Waals surface area (Å²) < 4.78 is 35.9. The standard InChI is InChI=1S/C9H18F3NO/c1-7(2,3)8(14,6-13)4-5-9(10,11)12/h14H,4-6,13H2,1-3H3. The van der Waals surface area contributed by atoms with Crippen LogP contribution in [0.25, 0.3) is 0 Å². The summed E-state index contributed by atoms with van der Waals surface area (Å²) in [6.07, 6.45) is -5.59. The van der Waals surface area contributed by atoms with Crippen LogP contribution < -0.4 is 5.73 Å². The maximum Gasteiger partial charge on any atom is 0.389 e. The third kappa shape index (κ3) is 3.84. The smallest absolute Gasteiger partial charge is 0.388 e. The zero-order chi connectivity index (χ0) is 11.6. The highest BCUT2D eigenvalue weighted by molar-refractivity contribution is 4.91. The van der Waals surface area contributed by atoms with E-state index in [4.69, 9.17) is 5.73 Å². The van der Waals surface area contributed by atoms with Crippen LogP contribution in [0.3, 0.4) is 0 Å². The molecule has 0 aliphatic rings. The van der Waals surface area contributed by atoms with Crippen LogP contribution >= 0.6 is 0 Å². The van der Waals surface area contributed by atoms with Crippen molar-refractivity contribution in [2.75, 3.05) is 6.54 Å². The molecule has 0 rings (SSSR count). The average Bonchev–Trinajstić information content (AvgIpc) is 1.96. The van der Waals surface area contributed by atoms with Crippen LogP contribution in [0, 0.1) is 5.41 Å². The summed E-state index contributed by atoms with van der Waals surface area (Å²) in [4.78, 5) is 0. The maximum atomic E-state index is 12.0. The third-order valence-corrected chi connectivity index (χ3v) is 2.56. The Balaban J connectivity index is 4.43. The number of hydrogen-bond acceptors (Lipinski definition) is 2. The molecule has 1 unspecified atom stereocenters. The van der Waals surface area contributed by atoms with Crippen LogP contribution in [0.2, 0.25) is 0 Å². The minimum atomic E-state index is -4.24. The molecule has 0 aliphatic carbocycles. The van der Waals surface area contributed by atoms with Gasteiger partial charge in [0, 0.05) is 13.0 Å². The van der Waals surface area contributed by atoms with Crippen LogP contribution in [-0.4, -0.2) is 23.4 Å². The molecule has 0 radical (unpaired) electrons. The first kappa shape index (κ1) is 13.7. The highest BCUT2D eigenvalue weighted by Gasteiger charge is 2.41. The molecule has 3 N–H and O–H groups in total. The van der Waals surface area contributed by atoms with E-state index in [1.165, 1.54) is 0 Å².